The Morgan fingerprint density at radius 1 is 1.11 bits per heavy atom. The fourth-order valence-corrected chi connectivity index (χ4v) is 4.15. The van der Waals surface area contributed by atoms with Crippen LogP contribution >= 0.6 is 0 Å². The molecule has 3 unspecified atom stereocenters. The van der Waals surface area contributed by atoms with Crippen LogP contribution in [0.4, 0.5) is 8.78 Å². The summed E-state index contributed by atoms with van der Waals surface area (Å²) in [5.41, 5.74) is 2.86. The van der Waals surface area contributed by atoms with Crippen molar-refractivity contribution < 1.29 is 24.1 Å². The normalized spacial score (nSPS) is 27.7. The Bertz CT molecular complexity index is 890. The lowest BCUT2D eigenvalue weighted by molar-refractivity contribution is -0.0278. The molecule has 5 atom stereocenters. The summed E-state index contributed by atoms with van der Waals surface area (Å²) in [4.78, 5) is 8.55. The van der Waals surface area contributed by atoms with Gasteiger partial charge in [0.15, 0.2) is 11.6 Å². The number of aliphatic hydroxyl groups is 3. The summed E-state index contributed by atoms with van der Waals surface area (Å²) < 4.78 is 26.6. The Morgan fingerprint density at radius 2 is 1.93 bits per heavy atom. The average Bonchev–Trinajstić information content (AvgIpc) is 3.24. The van der Waals surface area contributed by atoms with Gasteiger partial charge in [0.05, 0.1) is 29.7 Å². The van der Waals surface area contributed by atoms with E-state index in [4.69, 9.17) is 0 Å². The quantitative estimate of drug-likeness (QED) is 0.762. The molecule has 7 heteroatoms. The standard InChI is InChI=1S/C20H20F2N2O3/c21-14-5-4-10(7-15(14)22)18(25)13-6-11(19(26)20(13)27)8-17-12-2-1-3-16(12)23-9-24-17/h1-2,4-5,7,9,11,13,18-20,25-27H,3,6,8H2/t11?,13?,18?,19-,20+/m0/s1. The number of fused-ring (bicyclic) bond motifs is 1. The zero-order valence-electron chi connectivity index (χ0n) is 14.5. The highest BCUT2D eigenvalue weighted by molar-refractivity contribution is 5.59. The molecule has 5 nitrogen and oxygen atoms in total. The largest absolute Gasteiger partial charge is 0.390 e. The van der Waals surface area contributed by atoms with Crippen molar-refractivity contribution in [3.8, 4) is 0 Å². The van der Waals surface area contributed by atoms with Crippen molar-refractivity contribution in [3.63, 3.8) is 0 Å². The van der Waals surface area contributed by atoms with Gasteiger partial charge in [-0.05, 0) is 36.5 Å². The fourth-order valence-electron chi connectivity index (χ4n) is 4.15. The van der Waals surface area contributed by atoms with Crippen LogP contribution in [0.15, 0.2) is 30.6 Å². The minimum absolute atomic E-state index is 0.177. The number of aliphatic hydroxyl groups excluding tert-OH is 3. The lowest BCUT2D eigenvalue weighted by Crippen LogP contribution is -2.31. The second-order valence-corrected chi connectivity index (χ2v) is 7.25. The predicted octanol–water partition coefficient (Wildman–Crippen LogP) is 1.96. The molecule has 1 heterocycles. The Balaban J connectivity index is 1.53. The highest BCUT2D eigenvalue weighted by atomic mass is 19.2. The molecule has 0 aliphatic heterocycles. The number of rotatable bonds is 4. The highest BCUT2D eigenvalue weighted by Gasteiger charge is 2.45. The average molecular weight is 374 g/mol. The molecular formula is C20H20F2N2O3. The molecule has 27 heavy (non-hydrogen) atoms. The van der Waals surface area contributed by atoms with E-state index in [1.54, 1.807) is 0 Å². The van der Waals surface area contributed by atoms with E-state index in [2.05, 4.69) is 9.97 Å². The van der Waals surface area contributed by atoms with Crippen molar-refractivity contribution >= 4 is 6.08 Å². The van der Waals surface area contributed by atoms with E-state index < -0.39 is 35.9 Å². The molecule has 1 aromatic carbocycles. The number of benzene rings is 1. The first-order chi connectivity index (χ1) is 13.0. The van der Waals surface area contributed by atoms with Gasteiger partial charge in [-0.2, -0.15) is 0 Å². The molecule has 2 aliphatic rings. The van der Waals surface area contributed by atoms with Crippen molar-refractivity contribution in [2.24, 2.45) is 11.8 Å². The third-order valence-corrected chi connectivity index (χ3v) is 5.64. The Labute approximate surface area is 155 Å². The van der Waals surface area contributed by atoms with Crippen LogP contribution in [0.25, 0.3) is 6.08 Å². The van der Waals surface area contributed by atoms with Gasteiger partial charge >= 0.3 is 0 Å². The third-order valence-electron chi connectivity index (χ3n) is 5.64. The Morgan fingerprint density at radius 3 is 2.70 bits per heavy atom. The first-order valence-electron chi connectivity index (χ1n) is 8.94. The molecule has 1 fully saturated rings. The number of halogens is 2. The van der Waals surface area contributed by atoms with Crippen LogP contribution in [-0.2, 0) is 12.8 Å². The molecule has 1 aromatic heterocycles. The van der Waals surface area contributed by atoms with Gasteiger partial charge in [0, 0.05) is 17.9 Å². The van der Waals surface area contributed by atoms with Gasteiger partial charge in [-0.1, -0.05) is 18.2 Å². The van der Waals surface area contributed by atoms with E-state index in [-0.39, 0.29) is 11.5 Å². The molecule has 0 radical (unpaired) electrons. The molecule has 0 spiro atoms. The Kier molecular flexibility index (Phi) is 4.75. The van der Waals surface area contributed by atoms with Gasteiger partial charge in [-0.3, -0.25) is 0 Å². The maximum absolute atomic E-state index is 13.5. The van der Waals surface area contributed by atoms with E-state index in [1.165, 1.54) is 12.4 Å². The minimum Gasteiger partial charge on any atom is -0.390 e. The predicted molar refractivity (Wildman–Crippen MR) is 93.4 cm³/mol. The van der Waals surface area contributed by atoms with E-state index in [1.807, 2.05) is 12.2 Å². The minimum atomic E-state index is -1.20. The van der Waals surface area contributed by atoms with Crippen molar-refractivity contribution in [2.75, 3.05) is 0 Å². The van der Waals surface area contributed by atoms with Crippen molar-refractivity contribution in [1.82, 2.24) is 9.97 Å². The summed E-state index contributed by atoms with van der Waals surface area (Å²) in [6.45, 7) is 0. The number of nitrogens with zero attached hydrogens (tertiary/aromatic N) is 2. The lowest BCUT2D eigenvalue weighted by Gasteiger charge is -2.22. The summed E-state index contributed by atoms with van der Waals surface area (Å²) in [6.07, 6.45) is 3.57. The second-order valence-electron chi connectivity index (χ2n) is 7.25. The first kappa shape index (κ1) is 18.2. The maximum atomic E-state index is 13.5. The molecule has 2 aliphatic carbocycles. The summed E-state index contributed by atoms with van der Waals surface area (Å²) in [5.74, 6) is -3.04. The van der Waals surface area contributed by atoms with E-state index >= 15 is 0 Å². The van der Waals surface area contributed by atoms with E-state index in [0.29, 0.717) is 12.8 Å². The molecule has 3 N–H and O–H groups in total. The van der Waals surface area contributed by atoms with Crippen molar-refractivity contribution in [3.05, 3.63) is 64.8 Å². The summed E-state index contributed by atoms with van der Waals surface area (Å²) in [5, 5.41) is 31.5. The third kappa shape index (κ3) is 3.26. The molecule has 0 bridgehead atoms. The molecule has 0 amide bonds. The van der Waals surface area contributed by atoms with Crippen LogP contribution in [0.3, 0.4) is 0 Å². The summed E-state index contributed by atoms with van der Waals surface area (Å²) >= 11 is 0. The van der Waals surface area contributed by atoms with Gasteiger partial charge in [-0.25, -0.2) is 18.7 Å². The molecule has 142 valence electrons. The number of aromatic nitrogens is 2. The first-order valence-corrected chi connectivity index (χ1v) is 8.94. The highest BCUT2D eigenvalue weighted by Crippen LogP contribution is 2.41. The van der Waals surface area contributed by atoms with Gasteiger partial charge in [0.1, 0.15) is 6.33 Å². The maximum Gasteiger partial charge on any atom is 0.159 e. The van der Waals surface area contributed by atoms with E-state index in [0.717, 1.165) is 35.5 Å². The van der Waals surface area contributed by atoms with Crippen LogP contribution in [0.2, 0.25) is 0 Å². The van der Waals surface area contributed by atoms with Gasteiger partial charge in [0.2, 0.25) is 0 Å². The Hall–Kier alpha value is -2.22. The van der Waals surface area contributed by atoms with Crippen LogP contribution in [0.5, 0.6) is 0 Å². The zero-order chi connectivity index (χ0) is 19.1. The van der Waals surface area contributed by atoms with Crippen LogP contribution < -0.4 is 0 Å². The molecule has 4 rings (SSSR count). The lowest BCUT2D eigenvalue weighted by atomic mass is 9.91. The fraction of sp³-hybridized carbons (Fsp3) is 0.400. The SMILES string of the molecule is OC(c1ccc(F)c(F)c1)C1CC(Cc2ncnc3c2C=CC3)[C@H](O)[C@@H]1O. The second kappa shape index (κ2) is 7.07. The summed E-state index contributed by atoms with van der Waals surface area (Å²) in [7, 11) is 0. The zero-order valence-corrected chi connectivity index (χ0v) is 14.5. The van der Waals surface area contributed by atoms with Crippen LogP contribution in [-0.4, -0.2) is 37.5 Å². The smallest absolute Gasteiger partial charge is 0.159 e. The topological polar surface area (TPSA) is 86.5 Å². The van der Waals surface area contributed by atoms with Crippen molar-refractivity contribution in [1.29, 1.82) is 0 Å². The molecule has 1 saturated carbocycles. The van der Waals surface area contributed by atoms with Crippen LogP contribution in [0, 0.1) is 23.5 Å². The number of hydrogen-bond donors (Lipinski definition) is 3. The van der Waals surface area contributed by atoms with Gasteiger partial charge in [-0.15, -0.1) is 0 Å². The van der Waals surface area contributed by atoms with Crippen molar-refractivity contribution in [2.45, 2.75) is 37.6 Å². The van der Waals surface area contributed by atoms with E-state index in [9.17, 15) is 24.1 Å². The number of allylic oxidation sites excluding steroid dienone is 1. The molecule has 0 saturated heterocycles. The monoisotopic (exact) mass is 374 g/mol. The molecule has 2 aromatic rings. The van der Waals surface area contributed by atoms with Gasteiger partial charge in [0.25, 0.3) is 0 Å². The van der Waals surface area contributed by atoms with Gasteiger partial charge < -0.3 is 15.3 Å². The van der Waals surface area contributed by atoms with Crippen LogP contribution in [0.1, 0.15) is 35.0 Å². The molecular weight excluding hydrogens is 354 g/mol. The summed E-state index contributed by atoms with van der Waals surface area (Å²) in [6, 6.07) is 3.16. The number of hydrogen-bond acceptors (Lipinski definition) is 5.